The molecule has 14 heavy (non-hydrogen) atoms. The molecule has 0 aliphatic rings. The molecule has 0 aliphatic carbocycles. The molecule has 0 spiro atoms. The summed E-state index contributed by atoms with van der Waals surface area (Å²) >= 11 is 1.10. The topological polar surface area (TPSA) is 56.3 Å². The summed E-state index contributed by atoms with van der Waals surface area (Å²) in [6.07, 6.45) is 1.86. The molecule has 1 rings (SSSR count). The first kappa shape index (κ1) is 10.4. The summed E-state index contributed by atoms with van der Waals surface area (Å²) in [5, 5.41) is 0.431. The van der Waals surface area contributed by atoms with Gasteiger partial charge >= 0.3 is 5.97 Å². The highest BCUT2D eigenvalue weighted by molar-refractivity contribution is 7.14. The molecule has 5 heteroatoms. The molecule has 0 unspecified atom stereocenters. The Labute approximate surface area is 84.9 Å². The summed E-state index contributed by atoms with van der Waals surface area (Å²) in [5.74, 6) is 4.29. The van der Waals surface area contributed by atoms with Gasteiger partial charge < -0.3 is 4.74 Å². The summed E-state index contributed by atoms with van der Waals surface area (Å²) < 4.78 is 4.76. The van der Waals surface area contributed by atoms with E-state index in [0.29, 0.717) is 22.8 Å². The molecule has 0 aliphatic heterocycles. The van der Waals surface area contributed by atoms with E-state index in [9.17, 15) is 9.59 Å². The summed E-state index contributed by atoms with van der Waals surface area (Å²) in [6.45, 7) is 2.05. The van der Waals surface area contributed by atoms with Crippen LogP contribution in [0.1, 0.15) is 21.6 Å². The molecular formula is C9H7NO3S. The Morgan fingerprint density at radius 3 is 3.21 bits per heavy atom. The predicted molar refractivity (Wildman–Crippen MR) is 51.0 cm³/mol. The number of thiazole rings is 1. The van der Waals surface area contributed by atoms with Crippen molar-refractivity contribution in [1.82, 2.24) is 4.98 Å². The average Bonchev–Trinajstić information content (AvgIpc) is 2.63. The number of aromatic nitrogens is 1. The van der Waals surface area contributed by atoms with Crippen molar-refractivity contribution in [2.75, 3.05) is 6.61 Å². The molecule has 0 amide bonds. The van der Waals surface area contributed by atoms with E-state index < -0.39 is 5.97 Å². The summed E-state index contributed by atoms with van der Waals surface area (Å²) in [6, 6.07) is 0. The van der Waals surface area contributed by atoms with Gasteiger partial charge in [0.15, 0.2) is 11.3 Å². The van der Waals surface area contributed by atoms with Gasteiger partial charge in [-0.15, -0.1) is 0 Å². The van der Waals surface area contributed by atoms with Crippen LogP contribution < -0.4 is 0 Å². The minimum atomic E-state index is -0.413. The van der Waals surface area contributed by atoms with Crippen molar-refractivity contribution in [2.45, 2.75) is 6.92 Å². The molecule has 0 atom stereocenters. The van der Waals surface area contributed by atoms with Gasteiger partial charge in [-0.05, 0) is 18.8 Å². The van der Waals surface area contributed by atoms with Crippen LogP contribution in [0.3, 0.4) is 0 Å². The minimum Gasteiger partial charge on any atom is -0.462 e. The van der Waals surface area contributed by atoms with Gasteiger partial charge in [-0.2, -0.15) is 0 Å². The highest BCUT2D eigenvalue weighted by atomic mass is 32.1. The second-order valence-electron chi connectivity index (χ2n) is 2.14. The van der Waals surface area contributed by atoms with Gasteiger partial charge in [0.05, 0.1) is 12.8 Å². The fourth-order valence-electron chi connectivity index (χ4n) is 0.720. The number of nitrogens with zero attached hydrogens (tertiary/aromatic N) is 1. The maximum atomic E-state index is 11.2. The lowest BCUT2D eigenvalue weighted by atomic mass is 10.5. The minimum absolute atomic E-state index is 0.325. The first-order valence-corrected chi connectivity index (χ1v) is 4.67. The first-order valence-electron chi connectivity index (χ1n) is 3.86. The zero-order valence-corrected chi connectivity index (χ0v) is 8.26. The zero-order valence-electron chi connectivity index (χ0n) is 7.44. The largest absolute Gasteiger partial charge is 0.462 e. The molecule has 0 fully saturated rings. The average molecular weight is 209 g/mol. The van der Waals surface area contributed by atoms with Crippen molar-refractivity contribution in [2.24, 2.45) is 0 Å². The second kappa shape index (κ2) is 5.14. The number of hydrogen-bond donors (Lipinski definition) is 0. The third-order valence-corrected chi connectivity index (χ3v) is 2.11. The molecule has 0 saturated heterocycles. The maximum Gasteiger partial charge on any atom is 0.349 e. The lowest BCUT2D eigenvalue weighted by molar-refractivity contribution is -0.103. The lowest BCUT2D eigenvalue weighted by Gasteiger charge is -1.95. The smallest absolute Gasteiger partial charge is 0.349 e. The van der Waals surface area contributed by atoms with Crippen LogP contribution in [0, 0.1) is 11.8 Å². The van der Waals surface area contributed by atoms with E-state index in [-0.39, 0.29) is 0 Å². The van der Waals surface area contributed by atoms with E-state index >= 15 is 0 Å². The van der Waals surface area contributed by atoms with Gasteiger partial charge in [0, 0.05) is 0 Å². The van der Waals surface area contributed by atoms with Crippen LogP contribution in [0.4, 0.5) is 0 Å². The Morgan fingerprint density at radius 2 is 2.57 bits per heavy atom. The molecule has 0 N–H and O–H groups in total. The van der Waals surface area contributed by atoms with Crippen LogP contribution in [-0.2, 0) is 9.53 Å². The number of aldehydes is 1. The van der Waals surface area contributed by atoms with Crippen LogP contribution in [-0.4, -0.2) is 23.8 Å². The third kappa shape index (κ3) is 2.68. The molecule has 4 nitrogen and oxygen atoms in total. The Morgan fingerprint density at radius 1 is 1.79 bits per heavy atom. The van der Waals surface area contributed by atoms with E-state index in [1.165, 1.54) is 6.20 Å². The van der Waals surface area contributed by atoms with Crippen molar-refractivity contribution in [3.8, 4) is 11.8 Å². The Balaban J connectivity index is 2.77. The Bertz CT molecular complexity index is 400. The van der Waals surface area contributed by atoms with Gasteiger partial charge in [0.2, 0.25) is 0 Å². The lowest BCUT2D eigenvalue weighted by Crippen LogP contribution is -2.01. The monoisotopic (exact) mass is 209 g/mol. The van der Waals surface area contributed by atoms with E-state index in [1.807, 2.05) is 0 Å². The van der Waals surface area contributed by atoms with Crippen molar-refractivity contribution in [3.63, 3.8) is 0 Å². The fraction of sp³-hybridized carbons (Fsp3) is 0.222. The van der Waals surface area contributed by atoms with Crippen LogP contribution in [0.15, 0.2) is 6.20 Å². The normalized spacial score (nSPS) is 8.64. The number of rotatable bonds is 2. The molecule has 1 aromatic heterocycles. The molecular weight excluding hydrogens is 202 g/mol. The molecule has 72 valence electrons. The maximum absolute atomic E-state index is 11.2. The van der Waals surface area contributed by atoms with Crippen molar-refractivity contribution in [3.05, 3.63) is 16.1 Å². The van der Waals surface area contributed by atoms with Gasteiger partial charge in [-0.25, -0.2) is 9.78 Å². The van der Waals surface area contributed by atoms with Crippen LogP contribution in [0.5, 0.6) is 0 Å². The molecule has 0 radical (unpaired) electrons. The van der Waals surface area contributed by atoms with Crippen molar-refractivity contribution in [1.29, 1.82) is 0 Å². The number of esters is 1. The van der Waals surface area contributed by atoms with Gasteiger partial charge in [-0.3, -0.25) is 4.79 Å². The molecule has 1 aromatic rings. The number of hydrogen-bond acceptors (Lipinski definition) is 5. The highest BCUT2D eigenvalue weighted by Gasteiger charge is 2.09. The van der Waals surface area contributed by atoms with Crippen molar-refractivity contribution < 1.29 is 14.3 Å². The van der Waals surface area contributed by atoms with E-state index in [1.54, 1.807) is 6.92 Å². The fourth-order valence-corrected chi connectivity index (χ4v) is 1.39. The SMILES string of the molecule is CCOC(=O)c1cnc(C#CC=O)s1. The van der Waals surface area contributed by atoms with E-state index in [4.69, 9.17) is 4.74 Å². The summed E-state index contributed by atoms with van der Waals surface area (Å²) in [4.78, 5) is 25.3. The standard InChI is InChI=1S/C9H7NO3S/c1-2-13-9(12)7-6-10-8(14-7)4-3-5-11/h5-6H,2H2,1H3. The number of ether oxygens (including phenoxy) is 1. The van der Waals surface area contributed by atoms with Crippen LogP contribution in [0.25, 0.3) is 0 Å². The molecule has 0 aromatic carbocycles. The summed E-state index contributed by atoms with van der Waals surface area (Å²) in [5.41, 5.74) is 0. The van der Waals surface area contributed by atoms with Gasteiger partial charge in [0.1, 0.15) is 4.88 Å². The van der Waals surface area contributed by atoms with Gasteiger partial charge in [0.25, 0.3) is 0 Å². The Hall–Kier alpha value is -1.67. The second-order valence-corrected chi connectivity index (χ2v) is 3.17. The van der Waals surface area contributed by atoms with Crippen LogP contribution in [0.2, 0.25) is 0 Å². The number of carbonyl (C=O) groups excluding carboxylic acids is 2. The number of carbonyl (C=O) groups is 2. The summed E-state index contributed by atoms with van der Waals surface area (Å²) in [7, 11) is 0. The molecule has 0 saturated carbocycles. The quantitative estimate of drug-likeness (QED) is 0.412. The molecule has 0 bridgehead atoms. The van der Waals surface area contributed by atoms with E-state index in [2.05, 4.69) is 16.8 Å². The van der Waals surface area contributed by atoms with E-state index in [0.717, 1.165) is 11.3 Å². The highest BCUT2D eigenvalue weighted by Crippen LogP contribution is 2.12. The van der Waals surface area contributed by atoms with Gasteiger partial charge in [-0.1, -0.05) is 11.3 Å². The zero-order chi connectivity index (χ0) is 10.4. The molecule has 1 heterocycles. The Kier molecular flexibility index (Phi) is 3.83. The predicted octanol–water partition coefficient (Wildman–Crippen LogP) is 0.870. The van der Waals surface area contributed by atoms with Crippen LogP contribution >= 0.6 is 11.3 Å². The third-order valence-electron chi connectivity index (χ3n) is 1.22. The van der Waals surface area contributed by atoms with Crippen molar-refractivity contribution >= 4 is 23.6 Å². The first-order chi connectivity index (χ1) is 6.77.